The summed E-state index contributed by atoms with van der Waals surface area (Å²) in [6, 6.07) is 0. The number of hydrogen-bond donors (Lipinski definition) is 0. The molecule has 0 N–H and O–H groups in total. The maximum atomic E-state index is 12.7. The first-order chi connectivity index (χ1) is 29.0. The fraction of sp³-hybridized carbons (Fsp3) is 0.755. The van der Waals surface area contributed by atoms with Crippen molar-refractivity contribution in [2.45, 2.75) is 245 Å². The predicted octanol–water partition coefficient (Wildman–Crippen LogP) is 16.1. The van der Waals surface area contributed by atoms with Crippen LogP contribution in [0, 0.1) is 0 Å². The second-order valence-corrected chi connectivity index (χ2v) is 16.4. The van der Waals surface area contributed by atoms with E-state index in [9.17, 15) is 14.4 Å². The van der Waals surface area contributed by atoms with Crippen molar-refractivity contribution in [3.63, 3.8) is 0 Å². The molecular formula is C53H92O6. The van der Waals surface area contributed by atoms with Crippen LogP contribution in [0.5, 0.6) is 0 Å². The van der Waals surface area contributed by atoms with Gasteiger partial charge in [-0.1, -0.05) is 223 Å². The van der Waals surface area contributed by atoms with E-state index in [4.69, 9.17) is 14.2 Å². The van der Waals surface area contributed by atoms with Crippen molar-refractivity contribution in [2.24, 2.45) is 0 Å². The number of ether oxygens (including phenoxy) is 3. The van der Waals surface area contributed by atoms with Crippen LogP contribution in [-0.2, 0) is 28.6 Å². The Kier molecular flexibility index (Phi) is 45.4. The lowest BCUT2D eigenvalue weighted by Crippen LogP contribution is -2.30. The van der Waals surface area contributed by atoms with E-state index in [0.717, 1.165) is 77.0 Å². The molecule has 0 unspecified atom stereocenters. The van der Waals surface area contributed by atoms with E-state index in [-0.39, 0.29) is 37.5 Å². The summed E-state index contributed by atoms with van der Waals surface area (Å²) in [5.74, 6) is -0.946. The maximum Gasteiger partial charge on any atom is 0.306 e. The Morgan fingerprint density at radius 3 is 1.03 bits per heavy atom. The van der Waals surface area contributed by atoms with Gasteiger partial charge in [0.2, 0.25) is 0 Å². The summed E-state index contributed by atoms with van der Waals surface area (Å²) in [4.78, 5) is 37.8. The van der Waals surface area contributed by atoms with Crippen LogP contribution in [0.3, 0.4) is 0 Å². The normalized spacial score (nSPS) is 12.5. The van der Waals surface area contributed by atoms with Crippen LogP contribution in [0.15, 0.2) is 60.8 Å². The minimum Gasteiger partial charge on any atom is -0.462 e. The van der Waals surface area contributed by atoms with Gasteiger partial charge in [0.1, 0.15) is 13.2 Å². The van der Waals surface area contributed by atoms with Crippen LogP contribution in [0.2, 0.25) is 0 Å². The Balaban J connectivity index is 4.45. The SMILES string of the molecule is CC/C=C\C/C=C\C/C=C\C/C=C\C/C=C\CCCC(=O)OC[C@H](COC(=O)CCCCCCCCCCCCCC)OC(=O)CCCCCCCCCCCCCC. The molecule has 6 heteroatoms. The Morgan fingerprint density at radius 2 is 0.661 bits per heavy atom. The van der Waals surface area contributed by atoms with Gasteiger partial charge in [-0.15, -0.1) is 0 Å². The van der Waals surface area contributed by atoms with E-state index in [1.807, 2.05) is 0 Å². The molecule has 0 amide bonds. The highest BCUT2D eigenvalue weighted by molar-refractivity contribution is 5.71. The van der Waals surface area contributed by atoms with Crippen molar-refractivity contribution < 1.29 is 28.6 Å². The number of carbonyl (C=O) groups is 3. The van der Waals surface area contributed by atoms with Gasteiger partial charge in [0.05, 0.1) is 0 Å². The molecule has 0 aromatic carbocycles. The molecule has 1 atom stereocenters. The van der Waals surface area contributed by atoms with E-state index < -0.39 is 6.10 Å². The molecule has 0 bridgehead atoms. The maximum absolute atomic E-state index is 12.7. The lowest BCUT2D eigenvalue weighted by atomic mass is 10.0. The zero-order chi connectivity index (χ0) is 43.0. The molecule has 0 aromatic rings. The third-order valence-corrected chi connectivity index (χ3v) is 10.5. The van der Waals surface area contributed by atoms with Gasteiger partial charge >= 0.3 is 17.9 Å². The molecule has 0 heterocycles. The summed E-state index contributed by atoms with van der Waals surface area (Å²) in [6.07, 6.45) is 57.8. The average Bonchev–Trinajstić information content (AvgIpc) is 3.23. The van der Waals surface area contributed by atoms with Gasteiger partial charge < -0.3 is 14.2 Å². The molecule has 0 saturated carbocycles. The molecule has 0 spiro atoms. The van der Waals surface area contributed by atoms with Crippen LogP contribution >= 0.6 is 0 Å². The number of allylic oxidation sites excluding steroid dienone is 10. The smallest absolute Gasteiger partial charge is 0.306 e. The van der Waals surface area contributed by atoms with Gasteiger partial charge in [-0.3, -0.25) is 14.4 Å². The Morgan fingerprint density at radius 1 is 0.356 bits per heavy atom. The molecule has 0 aliphatic heterocycles. The highest BCUT2D eigenvalue weighted by atomic mass is 16.6. The molecule has 0 aliphatic rings. The number of unbranched alkanes of at least 4 members (excludes halogenated alkanes) is 23. The standard InChI is InChI=1S/C53H92O6/c1-4-7-10-13-16-19-22-25-26-27-28-29-32-34-37-40-43-46-52(55)58-49-50(59-53(56)47-44-41-38-35-31-24-21-18-15-12-9-6-3)48-57-51(54)45-42-39-36-33-30-23-20-17-14-11-8-5-2/h7,10,16,19,25-26,28-29,34,37,50H,4-6,8-9,11-15,17-18,20-24,27,30-33,35-36,38-49H2,1-3H3/b10-7-,19-16-,26-25-,29-28-,37-34-/t50-/m0/s1. The predicted molar refractivity (Wildman–Crippen MR) is 251 cm³/mol. The first kappa shape index (κ1) is 56.1. The summed E-state index contributed by atoms with van der Waals surface area (Å²) in [6.45, 7) is 6.47. The van der Waals surface area contributed by atoms with Crippen LogP contribution in [0.25, 0.3) is 0 Å². The third kappa shape index (κ3) is 46.0. The van der Waals surface area contributed by atoms with Crippen molar-refractivity contribution in [1.82, 2.24) is 0 Å². The van der Waals surface area contributed by atoms with Crippen molar-refractivity contribution in [3.8, 4) is 0 Å². The van der Waals surface area contributed by atoms with Crippen molar-refractivity contribution in [3.05, 3.63) is 60.8 Å². The summed E-state index contributed by atoms with van der Waals surface area (Å²) < 4.78 is 16.7. The second kappa shape index (κ2) is 47.8. The highest BCUT2D eigenvalue weighted by Gasteiger charge is 2.19. The van der Waals surface area contributed by atoms with Gasteiger partial charge in [-0.25, -0.2) is 0 Å². The van der Waals surface area contributed by atoms with Gasteiger partial charge in [0.15, 0.2) is 6.10 Å². The lowest BCUT2D eigenvalue weighted by Gasteiger charge is -2.18. The zero-order valence-electron chi connectivity index (χ0n) is 38.8. The van der Waals surface area contributed by atoms with Gasteiger partial charge in [-0.2, -0.15) is 0 Å². The monoisotopic (exact) mass is 825 g/mol. The van der Waals surface area contributed by atoms with Crippen LogP contribution in [0.4, 0.5) is 0 Å². The minimum atomic E-state index is -0.791. The Hall–Kier alpha value is -2.89. The van der Waals surface area contributed by atoms with Crippen molar-refractivity contribution >= 4 is 17.9 Å². The third-order valence-electron chi connectivity index (χ3n) is 10.5. The van der Waals surface area contributed by atoms with E-state index in [0.29, 0.717) is 19.3 Å². The van der Waals surface area contributed by atoms with E-state index in [2.05, 4.69) is 81.5 Å². The lowest BCUT2D eigenvalue weighted by molar-refractivity contribution is -0.167. The van der Waals surface area contributed by atoms with Crippen molar-refractivity contribution in [1.29, 1.82) is 0 Å². The molecule has 6 nitrogen and oxygen atoms in total. The van der Waals surface area contributed by atoms with Gasteiger partial charge in [-0.05, 0) is 57.8 Å². The highest BCUT2D eigenvalue weighted by Crippen LogP contribution is 2.15. The molecule has 59 heavy (non-hydrogen) atoms. The van der Waals surface area contributed by atoms with Crippen LogP contribution in [0.1, 0.15) is 239 Å². The zero-order valence-corrected chi connectivity index (χ0v) is 38.8. The Labute approximate surface area is 364 Å². The minimum absolute atomic E-state index is 0.0887. The molecule has 0 saturated heterocycles. The number of rotatable bonds is 44. The number of hydrogen-bond acceptors (Lipinski definition) is 6. The summed E-state index contributed by atoms with van der Waals surface area (Å²) >= 11 is 0. The largest absolute Gasteiger partial charge is 0.462 e. The van der Waals surface area contributed by atoms with Gasteiger partial charge in [0, 0.05) is 19.3 Å². The quantitative estimate of drug-likeness (QED) is 0.0263. The topological polar surface area (TPSA) is 78.9 Å². The fourth-order valence-electron chi connectivity index (χ4n) is 6.83. The van der Waals surface area contributed by atoms with E-state index in [1.54, 1.807) is 0 Å². The molecule has 0 aliphatic carbocycles. The van der Waals surface area contributed by atoms with Crippen LogP contribution < -0.4 is 0 Å². The molecule has 340 valence electrons. The average molecular weight is 825 g/mol. The van der Waals surface area contributed by atoms with E-state index >= 15 is 0 Å². The molecule has 0 rings (SSSR count). The van der Waals surface area contributed by atoms with Crippen molar-refractivity contribution in [2.75, 3.05) is 13.2 Å². The molecule has 0 aromatic heterocycles. The Bertz CT molecular complexity index is 1090. The van der Waals surface area contributed by atoms with E-state index in [1.165, 1.54) is 116 Å². The number of carbonyl (C=O) groups excluding carboxylic acids is 3. The fourth-order valence-corrected chi connectivity index (χ4v) is 6.83. The summed E-state index contributed by atoms with van der Waals surface area (Å²) in [5.41, 5.74) is 0. The number of esters is 3. The first-order valence-electron chi connectivity index (χ1n) is 24.8. The van der Waals surface area contributed by atoms with Gasteiger partial charge in [0.25, 0.3) is 0 Å². The molecule has 0 radical (unpaired) electrons. The van der Waals surface area contributed by atoms with Crippen LogP contribution in [-0.4, -0.2) is 37.2 Å². The summed E-state index contributed by atoms with van der Waals surface area (Å²) in [7, 11) is 0. The second-order valence-electron chi connectivity index (χ2n) is 16.4. The summed E-state index contributed by atoms with van der Waals surface area (Å²) in [5, 5.41) is 0. The molecular weight excluding hydrogens is 733 g/mol. The molecule has 0 fully saturated rings. The first-order valence-corrected chi connectivity index (χ1v) is 24.8.